The first-order valence-corrected chi connectivity index (χ1v) is 8.38. The van der Waals surface area contributed by atoms with Crippen LogP contribution >= 0.6 is 0 Å². The van der Waals surface area contributed by atoms with E-state index in [4.69, 9.17) is 4.52 Å². The molecule has 6 nitrogen and oxygen atoms in total. The molecule has 0 spiro atoms. The number of piperidine rings is 1. The summed E-state index contributed by atoms with van der Waals surface area (Å²) < 4.78 is 19.0. The molecule has 0 bridgehead atoms. The van der Waals surface area contributed by atoms with Gasteiger partial charge in [-0.25, -0.2) is 9.37 Å². The van der Waals surface area contributed by atoms with Crippen molar-refractivity contribution in [3.8, 4) is 11.5 Å². The Hall–Kier alpha value is -2.67. The maximum absolute atomic E-state index is 13.5. The van der Waals surface area contributed by atoms with Crippen LogP contribution in [-0.4, -0.2) is 31.6 Å². The molecule has 25 heavy (non-hydrogen) atoms. The van der Waals surface area contributed by atoms with Gasteiger partial charge in [0.1, 0.15) is 11.5 Å². The molecule has 1 saturated heterocycles. The van der Waals surface area contributed by atoms with Gasteiger partial charge >= 0.3 is 0 Å². The van der Waals surface area contributed by atoms with Gasteiger partial charge in [0, 0.05) is 18.9 Å². The van der Waals surface area contributed by atoms with Crippen molar-refractivity contribution in [3.63, 3.8) is 0 Å². The fourth-order valence-corrected chi connectivity index (χ4v) is 3.22. The van der Waals surface area contributed by atoms with Crippen LogP contribution in [0.2, 0.25) is 0 Å². The third kappa shape index (κ3) is 3.56. The summed E-state index contributed by atoms with van der Waals surface area (Å²) in [6.07, 6.45) is 7.97. The van der Waals surface area contributed by atoms with Crippen LogP contribution in [0.4, 0.5) is 4.39 Å². The maximum Gasteiger partial charge on any atom is 0.244 e. The van der Waals surface area contributed by atoms with E-state index >= 15 is 0 Å². The molecule has 3 aromatic rings. The zero-order valence-electron chi connectivity index (χ0n) is 13.7. The van der Waals surface area contributed by atoms with Crippen molar-refractivity contribution >= 4 is 0 Å². The van der Waals surface area contributed by atoms with Gasteiger partial charge in [-0.1, -0.05) is 23.7 Å². The normalized spacial score (nSPS) is 18.4. The van der Waals surface area contributed by atoms with E-state index in [2.05, 4.69) is 25.0 Å². The van der Waals surface area contributed by atoms with E-state index < -0.39 is 0 Å². The number of rotatable bonds is 4. The summed E-state index contributed by atoms with van der Waals surface area (Å²) in [5.41, 5.74) is 1.53. The van der Waals surface area contributed by atoms with Crippen LogP contribution in [0.1, 0.15) is 36.8 Å². The topological polar surface area (TPSA) is 67.9 Å². The van der Waals surface area contributed by atoms with E-state index in [1.807, 2.05) is 6.07 Å². The smallest absolute Gasteiger partial charge is 0.244 e. The second-order valence-corrected chi connectivity index (χ2v) is 6.16. The molecule has 0 radical (unpaired) electrons. The van der Waals surface area contributed by atoms with Gasteiger partial charge in [-0.2, -0.15) is 4.98 Å². The van der Waals surface area contributed by atoms with Crippen LogP contribution in [-0.2, 0) is 6.54 Å². The average molecular weight is 339 g/mol. The molecule has 1 aromatic carbocycles. The van der Waals surface area contributed by atoms with Crippen LogP contribution < -0.4 is 0 Å². The molecule has 4 rings (SSSR count). The van der Waals surface area contributed by atoms with Crippen molar-refractivity contribution < 1.29 is 8.91 Å². The number of halogens is 1. The summed E-state index contributed by atoms with van der Waals surface area (Å²) in [5, 5.41) is 4.04. The molecule has 128 valence electrons. The number of hydrogen-bond acceptors (Lipinski definition) is 6. The first-order chi connectivity index (χ1) is 12.3. The van der Waals surface area contributed by atoms with Gasteiger partial charge in [-0.05, 0) is 37.1 Å². The number of nitrogens with zero attached hydrogens (tertiary/aromatic N) is 5. The van der Waals surface area contributed by atoms with Gasteiger partial charge in [0.15, 0.2) is 0 Å². The minimum Gasteiger partial charge on any atom is -0.337 e. The van der Waals surface area contributed by atoms with Gasteiger partial charge in [0.2, 0.25) is 11.7 Å². The molecule has 1 aliphatic heterocycles. The third-order valence-corrected chi connectivity index (χ3v) is 4.41. The summed E-state index contributed by atoms with van der Waals surface area (Å²) >= 11 is 0. The number of hydrogen-bond donors (Lipinski definition) is 0. The maximum atomic E-state index is 13.5. The van der Waals surface area contributed by atoms with E-state index in [0.717, 1.165) is 31.4 Å². The van der Waals surface area contributed by atoms with E-state index in [0.29, 0.717) is 24.0 Å². The highest BCUT2D eigenvalue weighted by atomic mass is 19.1. The monoisotopic (exact) mass is 339 g/mol. The quantitative estimate of drug-likeness (QED) is 0.726. The molecular weight excluding hydrogens is 321 g/mol. The van der Waals surface area contributed by atoms with Crippen LogP contribution in [0, 0.1) is 5.82 Å². The molecule has 0 saturated carbocycles. The van der Waals surface area contributed by atoms with Crippen LogP contribution in [0.15, 0.2) is 47.4 Å². The SMILES string of the molecule is Fc1cccc(CN2CCCC[C@H]2c2nc(-c3cnccn3)no2)c1. The lowest BCUT2D eigenvalue weighted by Crippen LogP contribution is -2.33. The standard InChI is InChI=1S/C18H18FN5O/c19-14-5-3-4-13(10-14)12-24-9-2-1-6-16(24)18-22-17(23-25-18)15-11-20-7-8-21-15/h3-5,7-8,10-11,16H,1-2,6,9,12H2/t16-/m0/s1. The molecule has 0 amide bonds. The minimum atomic E-state index is -0.214. The van der Waals surface area contributed by atoms with Gasteiger partial charge < -0.3 is 4.52 Å². The Bertz CT molecular complexity index is 838. The van der Waals surface area contributed by atoms with Crippen molar-refractivity contribution in [2.45, 2.75) is 31.8 Å². The summed E-state index contributed by atoms with van der Waals surface area (Å²) in [7, 11) is 0. The first-order valence-electron chi connectivity index (χ1n) is 8.38. The van der Waals surface area contributed by atoms with Gasteiger partial charge in [-0.15, -0.1) is 0 Å². The number of benzene rings is 1. The van der Waals surface area contributed by atoms with Crippen molar-refractivity contribution in [2.75, 3.05) is 6.54 Å². The average Bonchev–Trinajstić information content (AvgIpc) is 3.13. The van der Waals surface area contributed by atoms with Gasteiger partial charge in [0.05, 0.1) is 12.2 Å². The summed E-state index contributed by atoms with van der Waals surface area (Å²) in [6.45, 7) is 1.58. The molecule has 1 aliphatic rings. The molecule has 0 unspecified atom stereocenters. The molecule has 1 fully saturated rings. The largest absolute Gasteiger partial charge is 0.337 e. The molecule has 0 N–H and O–H groups in total. The summed E-state index contributed by atoms with van der Waals surface area (Å²) in [4.78, 5) is 15.0. The first kappa shape index (κ1) is 15.8. The summed E-state index contributed by atoms with van der Waals surface area (Å²) in [5.74, 6) is 0.810. The van der Waals surface area contributed by atoms with E-state index in [1.54, 1.807) is 30.7 Å². The van der Waals surface area contributed by atoms with Crippen molar-refractivity contribution in [2.24, 2.45) is 0 Å². The van der Waals surface area contributed by atoms with E-state index in [-0.39, 0.29) is 11.9 Å². The van der Waals surface area contributed by atoms with E-state index in [1.165, 1.54) is 6.07 Å². The Labute approximate surface area is 144 Å². The Kier molecular flexibility index (Phi) is 4.47. The Balaban J connectivity index is 1.56. The molecule has 1 atom stereocenters. The van der Waals surface area contributed by atoms with Crippen molar-refractivity contribution in [1.82, 2.24) is 25.0 Å². The van der Waals surface area contributed by atoms with Crippen LogP contribution in [0.5, 0.6) is 0 Å². The highest BCUT2D eigenvalue weighted by Crippen LogP contribution is 2.32. The molecule has 7 heteroatoms. The third-order valence-electron chi connectivity index (χ3n) is 4.41. The van der Waals surface area contributed by atoms with Gasteiger partial charge in [-0.3, -0.25) is 9.88 Å². The number of aromatic nitrogens is 4. The molecule has 3 heterocycles. The van der Waals surface area contributed by atoms with Crippen LogP contribution in [0.25, 0.3) is 11.5 Å². The minimum absolute atomic E-state index is 0.0370. The zero-order valence-corrected chi connectivity index (χ0v) is 13.7. The Morgan fingerprint density at radius 2 is 2.20 bits per heavy atom. The number of likely N-dealkylation sites (tertiary alicyclic amines) is 1. The molecule has 0 aliphatic carbocycles. The summed E-state index contributed by atoms with van der Waals surface area (Å²) in [6, 6.07) is 6.75. The predicted molar refractivity (Wildman–Crippen MR) is 88.7 cm³/mol. The van der Waals surface area contributed by atoms with Crippen LogP contribution in [0.3, 0.4) is 0 Å². The van der Waals surface area contributed by atoms with Gasteiger partial charge in [0.25, 0.3) is 0 Å². The lowest BCUT2D eigenvalue weighted by Gasteiger charge is -2.33. The van der Waals surface area contributed by atoms with Crippen molar-refractivity contribution in [3.05, 3.63) is 60.1 Å². The molecular formula is C18H18FN5O. The lowest BCUT2D eigenvalue weighted by atomic mass is 10.0. The second kappa shape index (κ2) is 7.06. The Morgan fingerprint density at radius 1 is 1.24 bits per heavy atom. The fraction of sp³-hybridized carbons (Fsp3) is 0.333. The lowest BCUT2D eigenvalue weighted by molar-refractivity contribution is 0.111. The zero-order chi connectivity index (χ0) is 17.1. The second-order valence-electron chi connectivity index (χ2n) is 6.16. The fourth-order valence-electron chi connectivity index (χ4n) is 3.22. The molecule has 2 aromatic heterocycles. The highest BCUT2D eigenvalue weighted by molar-refractivity contribution is 5.45. The Morgan fingerprint density at radius 3 is 3.04 bits per heavy atom. The van der Waals surface area contributed by atoms with Crippen molar-refractivity contribution in [1.29, 1.82) is 0 Å². The highest BCUT2D eigenvalue weighted by Gasteiger charge is 2.29. The van der Waals surface area contributed by atoms with E-state index in [9.17, 15) is 4.39 Å². The predicted octanol–water partition coefficient (Wildman–Crippen LogP) is 3.39.